The van der Waals surface area contributed by atoms with Crippen molar-refractivity contribution >= 4 is 5.91 Å². The summed E-state index contributed by atoms with van der Waals surface area (Å²) in [6.45, 7) is 2.91. The molecule has 0 fully saturated rings. The number of nitrogens with zero attached hydrogens (tertiary/aromatic N) is 3. The molecule has 0 unspecified atom stereocenters. The van der Waals surface area contributed by atoms with Crippen LogP contribution in [-0.2, 0) is 13.0 Å². The van der Waals surface area contributed by atoms with Crippen LogP contribution in [-0.4, -0.2) is 32.5 Å². The molecule has 2 aromatic carbocycles. The van der Waals surface area contributed by atoms with Gasteiger partial charge in [-0.2, -0.15) is 5.10 Å². The number of carbonyl (C=O) groups is 1. The highest BCUT2D eigenvalue weighted by molar-refractivity contribution is 5.92. The van der Waals surface area contributed by atoms with Crippen LogP contribution in [0.15, 0.2) is 65.4 Å². The molecule has 0 bridgehead atoms. The molecular weight excluding hydrogens is 364 g/mol. The molecule has 0 radical (unpaired) electrons. The number of aromatic nitrogens is 3. The first kappa shape index (κ1) is 17.4. The number of aromatic amines is 1. The van der Waals surface area contributed by atoms with Crippen molar-refractivity contribution in [1.29, 1.82) is 0 Å². The average Bonchev–Trinajstić information content (AvgIpc) is 3.39. The maximum atomic E-state index is 12.8. The number of carbonyl (C=O) groups excluding carboxylic acids is 1. The predicted octanol–water partition coefficient (Wildman–Crippen LogP) is 4.24. The number of benzene rings is 2. The lowest BCUT2D eigenvalue weighted by Gasteiger charge is -2.26. The van der Waals surface area contributed by atoms with Gasteiger partial charge in [0.15, 0.2) is 6.39 Å². The highest BCUT2D eigenvalue weighted by atomic mass is 16.3. The van der Waals surface area contributed by atoms with Gasteiger partial charge in [0.05, 0.1) is 17.9 Å². The molecule has 3 heterocycles. The Balaban J connectivity index is 1.42. The summed E-state index contributed by atoms with van der Waals surface area (Å²) in [6.07, 6.45) is 2.05. The van der Waals surface area contributed by atoms with E-state index in [-0.39, 0.29) is 5.91 Å². The fourth-order valence-corrected chi connectivity index (χ4v) is 3.81. The quantitative estimate of drug-likeness (QED) is 0.573. The standard InChI is InChI=1S/C23H20N4O2/c1-15-22(29-14-24-15)23(28)27-12-11-20-19(13-27)21(26-25-20)18-9-7-17(8-10-18)16-5-3-2-4-6-16/h2-10,14H,11-13H2,1H3,(H,25,26). The molecule has 6 nitrogen and oxygen atoms in total. The van der Waals surface area contributed by atoms with Crippen LogP contribution in [0, 0.1) is 6.92 Å². The largest absolute Gasteiger partial charge is 0.438 e. The molecule has 0 spiro atoms. The third-order valence-corrected chi connectivity index (χ3v) is 5.43. The van der Waals surface area contributed by atoms with Crippen LogP contribution in [0.1, 0.15) is 27.5 Å². The number of aryl methyl sites for hydroxylation is 1. The molecule has 0 saturated heterocycles. The Kier molecular flexibility index (Phi) is 4.24. The molecule has 0 aliphatic carbocycles. The summed E-state index contributed by atoms with van der Waals surface area (Å²) in [6, 6.07) is 18.7. The Morgan fingerprint density at radius 1 is 1.03 bits per heavy atom. The summed E-state index contributed by atoms with van der Waals surface area (Å²) in [7, 11) is 0. The van der Waals surface area contributed by atoms with Gasteiger partial charge in [0.2, 0.25) is 5.76 Å². The van der Waals surface area contributed by atoms with Crippen molar-refractivity contribution in [2.75, 3.05) is 6.54 Å². The zero-order valence-corrected chi connectivity index (χ0v) is 16.1. The maximum Gasteiger partial charge on any atom is 0.291 e. The monoisotopic (exact) mass is 384 g/mol. The highest BCUT2D eigenvalue weighted by Crippen LogP contribution is 2.30. The summed E-state index contributed by atoms with van der Waals surface area (Å²) in [4.78, 5) is 18.7. The number of H-pyrrole nitrogens is 1. The molecule has 1 N–H and O–H groups in total. The first-order valence-corrected chi connectivity index (χ1v) is 9.62. The molecule has 144 valence electrons. The second-order valence-electron chi connectivity index (χ2n) is 7.22. The Morgan fingerprint density at radius 2 is 1.76 bits per heavy atom. The number of hydrogen-bond acceptors (Lipinski definition) is 4. The topological polar surface area (TPSA) is 75.0 Å². The first-order valence-electron chi connectivity index (χ1n) is 9.62. The lowest BCUT2D eigenvalue weighted by Crippen LogP contribution is -2.36. The van der Waals surface area contributed by atoms with Gasteiger partial charge < -0.3 is 9.32 Å². The van der Waals surface area contributed by atoms with Crippen molar-refractivity contribution in [3.05, 3.63) is 83.7 Å². The summed E-state index contributed by atoms with van der Waals surface area (Å²) in [5.41, 5.74) is 7.04. The summed E-state index contributed by atoms with van der Waals surface area (Å²) in [5.74, 6) is 0.183. The molecule has 2 aromatic heterocycles. The molecule has 1 amide bonds. The van der Waals surface area contributed by atoms with Gasteiger partial charge >= 0.3 is 0 Å². The van der Waals surface area contributed by atoms with Crippen LogP contribution in [0.4, 0.5) is 0 Å². The van der Waals surface area contributed by atoms with Gasteiger partial charge in [-0.25, -0.2) is 4.98 Å². The lowest BCUT2D eigenvalue weighted by molar-refractivity contribution is 0.0701. The fourth-order valence-electron chi connectivity index (χ4n) is 3.81. The molecule has 1 aliphatic rings. The van der Waals surface area contributed by atoms with Crippen molar-refractivity contribution in [1.82, 2.24) is 20.1 Å². The first-order chi connectivity index (χ1) is 14.2. The third-order valence-electron chi connectivity index (χ3n) is 5.43. The zero-order chi connectivity index (χ0) is 19.8. The van der Waals surface area contributed by atoms with Crippen molar-refractivity contribution in [2.45, 2.75) is 19.9 Å². The van der Waals surface area contributed by atoms with E-state index in [9.17, 15) is 4.79 Å². The van der Waals surface area contributed by atoms with Crippen LogP contribution in [0.3, 0.4) is 0 Å². The molecule has 4 aromatic rings. The second kappa shape index (κ2) is 7.05. The molecule has 1 aliphatic heterocycles. The van der Waals surface area contributed by atoms with Gasteiger partial charge in [-0.15, -0.1) is 0 Å². The Labute approximate surface area is 168 Å². The van der Waals surface area contributed by atoms with E-state index < -0.39 is 0 Å². The van der Waals surface area contributed by atoms with Gasteiger partial charge in [-0.3, -0.25) is 9.89 Å². The number of oxazole rings is 1. The molecule has 5 rings (SSSR count). The molecule has 29 heavy (non-hydrogen) atoms. The smallest absolute Gasteiger partial charge is 0.291 e. The zero-order valence-electron chi connectivity index (χ0n) is 16.1. The fraction of sp³-hybridized carbons (Fsp3) is 0.174. The van der Waals surface area contributed by atoms with E-state index in [4.69, 9.17) is 4.42 Å². The Hall–Kier alpha value is -3.67. The molecule has 6 heteroatoms. The summed E-state index contributed by atoms with van der Waals surface area (Å²) >= 11 is 0. The Morgan fingerprint density at radius 3 is 2.48 bits per heavy atom. The lowest BCUT2D eigenvalue weighted by atomic mass is 9.98. The molecular formula is C23H20N4O2. The minimum atomic E-state index is -0.128. The maximum absolute atomic E-state index is 12.8. The van der Waals surface area contributed by atoms with E-state index in [1.54, 1.807) is 11.8 Å². The molecule has 0 atom stereocenters. The van der Waals surface area contributed by atoms with Gasteiger partial charge in [-0.1, -0.05) is 54.6 Å². The summed E-state index contributed by atoms with van der Waals surface area (Å²) < 4.78 is 5.29. The normalized spacial score (nSPS) is 13.3. The summed E-state index contributed by atoms with van der Waals surface area (Å²) in [5, 5.41) is 7.70. The number of hydrogen-bond donors (Lipinski definition) is 1. The van der Waals surface area contributed by atoms with Crippen LogP contribution >= 0.6 is 0 Å². The third kappa shape index (κ3) is 3.12. The van der Waals surface area contributed by atoms with Gasteiger partial charge in [0, 0.05) is 29.8 Å². The number of nitrogens with one attached hydrogen (secondary N) is 1. The average molecular weight is 384 g/mol. The van der Waals surface area contributed by atoms with Crippen LogP contribution < -0.4 is 0 Å². The number of amides is 1. The van der Waals surface area contributed by atoms with E-state index in [1.807, 2.05) is 18.2 Å². The van der Waals surface area contributed by atoms with Crippen molar-refractivity contribution in [3.63, 3.8) is 0 Å². The van der Waals surface area contributed by atoms with Crippen molar-refractivity contribution in [3.8, 4) is 22.4 Å². The minimum Gasteiger partial charge on any atom is -0.438 e. The van der Waals surface area contributed by atoms with Gasteiger partial charge in [-0.05, 0) is 18.1 Å². The van der Waals surface area contributed by atoms with E-state index in [1.165, 1.54) is 12.0 Å². The molecule has 0 saturated carbocycles. The van der Waals surface area contributed by atoms with Crippen molar-refractivity contribution < 1.29 is 9.21 Å². The van der Waals surface area contributed by atoms with Gasteiger partial charge in [0.25, 0.3) is 5.91 Å². The van der Waals surface area contributed by atoms with E-state index in [0.717, 1.165) is 34.5 Å². The van der Waals surface area contributed by atoms with Gasteiger partial charge in [0.1, 0.15) is 0 Å². The van der Waals surface area contributed by atoms with Crippen molar-refractivity contribution in [2.24, 2.45) is 0 Å². The number of rotatable bonds is 3. The van der Waals surface area contributed by atoms with Crippen LogP contribution in [0.25, 0.3) is 22.4 Å². The highest BCUT2D eigenvalue weighted by Gasteiger charge is 2.28. The minimum absolute atomic E-state index is 0.128. The van der Waals surface area contributed by atoms with E-state index in [0.29, 0.717) is 24.5 Å². The van der Waals surface area contributed by atoms with E-state index >= 15 is 0 Å². The number of fused-ring (bicyclic) bond motifs is 1. The predicted molar refractivity (Wildman–Crippen MR) is 109 cm³/mol. The SMILES string of the molecule is Cc1ncoc1C(=O)N1CCc2[nH]nc(-c3ccc(-c4ccccc4)cc3)c2C1. The van der Waals surface area contributed by atoms with E-state index in [2.05, 4.69) is 51.6 Å². The Bertz CT molecular complexity index is 1160. The second-order valence-corrected chi connectivity index (χ2v) is 7.22. The van der Waals surface area contributed by atoms with Crippen LogP contribution in [0.5, 0.6) is 0 Å². The van der Waals surface area contributed by atoms with Crippen LogP contribution in [0.2, 0.25) is 0 Å².